The van der Waals surface area contributed by atoms with Crippen LogP contribution in [0.4, 0.5) is 4.39 Å². The van der Waals surface area contributed by atoms with Crippen LogP contribution < -0.4 is 5.32 Å². The number of rotatable bonds is 4. The Labute approximate surface area is 114 Å². The average molecular weight is 257 g/mol. The third-order valence-electron chi connectivity index (χ3n) is 3.44. The van der Waals surface area contributed by atoms with Crippen molar-refractivity contribution in [2.45, 2.75) is 25.8 Å². The molecule has 1 atom stereocenters. The average Bonchev–Trinajstić information content (AvgIpc) is 2.42. The van der Waals surface area contributed by atoms with Crippen molar-refractivity contribution in [3.8, 4) is 0 Å². The van der Waals surface area contributed by atoms with Gasteiger partial charge in [-0.05, 0) is 30.2 Å². The normalized spacial score (nSPS) is 12.7. The first-order valence-electron chi connectivity index (χ1n) is 6.65. The van der Waals surface area contributed by atoms with Crippen LogP contribution in [0.3, 0.4) is 0 Å². The maximum absolute atomic E-state index is 13.9. The van der Waals surface area contributed by atoms with Crippen LogP contribution in [0.5, 0.6) is 0 Å². The lowest BCUT2D eigenvalue weighted by atomic mass is 9.95. The van der Waals surface area contributed by atoms with Crippen LogP contribution >= 0.6 is 0 Å². The first-order chi connectivity index (χ1) is 9.13. The van der Waals surface area contributed by atoms with E-state index in [2.05, 4.69) is 43.4 Å². The van der Waals surface area contributed by atoms with Gasteiger partial charge in [-0.15, -0.1) is 0 Å². The van der Waals surface area contributed by atoms with Crippen LogP contribution in [0.15, 0.2) is 48.5 Å². The Morgan fingerprint density at radius 1 is 0.895 bits per heavy atom. The standard InChI is InChI=1S/C17H20FN/c1-12(2)13-8-10-14(11-9-13)17(19-3)15-6-4-5-7-16(15)18/h4-12,17,19H,1-3H3. The lowest BCUT2D eigenvalue weighted by Gasteiger charge is -2.18. The highest BCUT2D eigenvalue weighted by Crippen LogP contribution is 2.25. The van der Waals surface area contributed by atoms with Gasteiger partial charge in [-0.3, -0.25) is 0 Å². The van der Waals surface area contributed by atoms with Crippen LogP contribution in [0, 0.1) is 5.82 Å². The third kappa shape index (κ3) is 3.02. The van der Waals surface area contributed by atoms with Gasteiger partial charge in [-0.25, -0.2) is 4.39 Å². The molecule has 1 nitrogen and oxygen atoms in total. The third-order valence-corrected chi connectivity index (χ3v) is 3.44. The zero-order valence-corrected chi connectivity index (χ0v) is 11.7. The summed E-state index contributed by atoms with van der Waals surface area (Å²) >= 11 is 0. The molecule has 0 aliphatic heterocycles. The molecule has 0 fully saturated rings. The second kappa shape index (κ2) is 5.98. The van der Waals surface area contributed by atoms with Gasteiger partial charge >= 0.3 is 0 Å². The van der Waals surface area contributed by atoms with Crippen molar-refractivity contribution >= 4 is 0 Å². The van der Waals surface area contributed by atoms with Crippen molar-refractivity contribution in [2.75, 3.05) is 7.05 Å². The van der Waals surface area contributed by atoms with Gasteiger partial charge in [0.25, 0.3) is 0 Å². The molecule has 0 aromatic heterocycles. The van der Waals surface area contributed by atoms with Crippen molar-refractivity contribution in [1.29, 1.82) is 0 Å². The summed E-state index contributed by atoms with van der Waals surface area (Å²) in [4.78, 5) is 0. The van der Waals surface area contributed by atoms with Gasteiger partial charge in [0.15, 0.2) is 0 Å². The summed E-state index contributed by atoms with van der Waals surface area (Å²) in [6.07, 6.45) is 0. The van der Waals surface area contributed by atoms with Crippen molar-refractivity contribution in [2.24, 2.45) is 0 Å². The van der Waals surface area contributed by atoms with E-state index in [4.69, 9.17) is 0 Å². The minimum absolute atomic E-state index is 0.109. The Morgan fingerprint density at radius 3 is 2.00 bits per heavy atom. The van der Waals surface area contributed by atoms with Gasteiger partial charge in [-0.2, -0.15) is 0 Å². The van der Waals surface area contributed by atoms with Gasteiger partial charge in [0.05, 0.1) is 6.04 Å². The Balaban J connectivity index is 2.35. The molecule has 0 bridgehead atoms. The van der Waals surface area contributed by atoms with Crippen LogP contribution in [-0.4, -0.2) is 7.05 Å². The molecule has 2 aromatic carbocycles. The van der Waals surface area contributed by atoms with Crippen LogP contribution in [0.2, 0.25) is 0 Å². The zero-order valence-electron chi connectivity index (χ0n) is 11.7. The molecule has 0 heterocycles. The monoisotopic (exact) mass is 257 g/mol. The Hall–Kier alpha value is -1.67. The van der Waals surface area contributed by atoms with E-state index in [1.54, 1.807) is 6.07 Å². The smallest absolute Gasteiger partial charge is 0.128 e. The molecule has 2 aromatic rings. The second-order valence-corrected chi connectivity index (χ2v) is 5.06. The maximum Gasteiger partial charge on any atom is 0.128 e. The van der Waals surface area contributed by atoms with Crippen LogP contribution in [0.1, 0.15) is 42.5 Å². The number of nitrogens with one attached hydrogen (secondary N) is 1. The van der Waals surface area contributed by atoms with E-state index in [-0.39, 0.29) is 11.9 Å². The van der Waals surface area contributed by atoms with Crippen LogP contribution in [0.25, 0.3) is 0 Å². The van der Waals surface area contributed by atoms with Gasteiger partial charge in [0.1, 0.15) is 5.82 Å². The number of halogens is 1. The molecular formula is C17H20FN. The predicted octanol–water partition coefficient (Wildman–Crippen LogP) is 4.26. The highest BCUT2D eigenvalue weighted by Gasteiger charge is 2.15. The van der Waals surface area contributed by atoms with E-state index in [1.807, 2.05) is 19.2 Å². The first kappa shape index (κ1) is 13.8. The minimum atomic E-state index is -0.171. The summed E-state index contributed by atoms with van der Waals surface area (Å²) in [5, 5.41) is 3.18. The van der Waals surface area contributed by atoms with E-state index < -0.39 is 0 Å². The molecule has 0 aliphatic rings. The van der Waals surface area contributed by atoms with E-state index >= 15 is 0 Å². The fourth-order valence-electron chi connectivity index (χ4n) is 2.28. The fourth-order valence-corrected chi connectivity index (χ4v) is 2.28. The largest absolute Gasteiger partial charge is 0.309 e. The van der Waals surface area contributed by atoms with Crippen molar-refractivity contribution in [1.82, 2.24) is 5.32 Å². The van der Waals surface area contributed by atoms with Gasteiger partial charge in [0, 0.05) is 5.56 Å². The lowest BCUT2D eigenvalue weighted by molar-refractivity contribution is 0.576. The maximum atomic E-state index is 13.9. The molecule has 0 radical (unpaired) electrons. The SMILES string of the molecule is CNC(c1ccc(C(C)C)cc1)c1ccccc1F. The molecule has 19 heavy (non-hydrogen) atoms. The van der Waals surface area contributed by atoms with Crippen molar-refractivity contribution in [3.05, 3.63) is 71.0 Å². The highest BCUT2D eigenvalue weighted by molar-refractivity contribution is 5.34. The number of hydrogen-bond acceptors (Lipinski definition) is 1. The minimum Gasteiger partial charge on any atom is -0.309 e. The predicted molar refractivity (Wildman–Crippen MR) is 77.8 cm³/mol. The Bertz CT molecular complexity index is 531. The van der Waals surface area contributed by atoms with E-state index in [0.717, 1.165) is 5.56 Å². The molecule has 0 saturated carbocycles. The topological polar surface area (TPSA) is 12.0 Å². The number of hydrogen-bond donors (Lipinski definition) is 1. The Morgan fingerprint density at radius 2 is 1.47 bits per heavy atom. The molecule has 0 saturated heterocycles. The summed E-state index contributed by atoms with van der Waals surface area (Å²) in [5.41, 5.74) is 3.06. The zero-order chi connectivity index (χ0) is 13.8. The first-order valence-corrected chi connectivity index (χ1v) is 6.65. The molecule has 0 spiro atoms. The molecule has 1 unspecified atom stereocenters. The molecule has 0 amide bonds. The highest BCUT2D eigenvalue weighted by atomic mass is 19.1. The molecular weight excluding hydrogens is 237 g/mol. The van der Waals surface area contributed by atoms with Crippen molar-refractivity contribution < 1.29 is 4.39 Å². The van der Waals surface area contributed by atoms with Crippen LogP contribution in [-0.2, 0) is 0 Å². The van der Waals surface area contributed by atoms with E-state index in [0.29, 0.717) is 11.5 Å². The van der Waals surface area contributed by atoms with Gasteiger partial charge < -0.3 is 5.32 Å². The van der Waals surface area contributed by atoms with E-state index in [9.17, 15) is 4.39 Å². The van der Waals surface area contributed by atoms with E-state index in [1.165, 1.54) is 11.6 Å². The summed E-state index contributed by atoms with van der Waals surface area (Å²) in [5.74, 6) is 0.338. The summed E-state index contributed by atoms with van der Waals surface area (Å²) in [6, 6.07) is 15.2. The Kier molecular flexibility index (Phi) is 4.33. The molecule has 1 N–H and O–H groups in total. The van der Waals surface area contributed by atoms with Gasteiger partial charge in [0.2, 0.25) is 0 Å². The summed E-state index contributed by atoms with van der Waals surface area (Å²) in [6.45, 7) is 4.34. The summed E-state index contributed by atoms with van der Waals surface area (Å²) in [7, 11) is 1.85. The van der Waals surface area contributed by atoms with Gasteiger partial charge in [-0.1, -0.05) is 56.3 Å². The lowest BCUT2D eigenvalue weighted by Crippen LogP contribution is -2.18. The molecule has 2 rings (SSSR count). The second-order valence-electron chi connectivity index (χ2n) is 5.06. The molecule has 0 aliphatic carbocycles. The fraction of sp³-hybridized carbons (Fsp3) is 0.294. The molecule has 2 heteroatoms. The molecule has 100 valence electrons. The number of benzene rings is 2. The summed E-state index contributed by atoms with van der Waals surface area (Å²) < 4.78 is 13.9. The van der Waals surface area contributed by atoms with Crippen molar-refractivity contribution in [3.63, 3.8) is 0 Å². The quantitative estimate of drug-likeness (QED) is 0.863.